The predicted molar refractivity (Wildman–Crippen MR) is 134 cm³/mol. The molecule has 0 bridgehead atoms. The van der Waals surface area contributed by atoms with Crippen LogP contribution in [0.4, 0.5) is 24.9 Å². The van der Waals surface area contributed by atoms with Gasteiger partial charge in [-0.05, 0) is 29.8 Å². The number of ether oxygens (including phenoxy) is 1. The van der Waals surface area contributed by atoms with Crippen molar-refractivity contribution in [2.75, 3.05) is 38.6 Å². The maximum atomic E-state index is 12.5. The number of amides is 1. The summed E-state index contributed by atoms with van der Waals surface area (Å²) in [5.74, 6) is 0.729. The number of piperazine rings is 1. The van der Waals surface area contributed by atoms with Crippen LogP contribution in [-0.4, -0.2) is 80.1 Å². The fourth-order valence-electron chi connectivity index (χ4n) is 4.30. The maximum absolute atomic E-state index is 12.5. The Kier molecular flexibility index (Phi) is 7.09. The second kappa shape index (κ2) is 10.6. The van der Waals surface area contributed by atoms with Gasteiger partial charge in [0.2, 0.25) is 17.7 Å². The monoisotopic (exact) mass is 526 g/mol. The Balaban J connectivity index is 1.21. The summed E-state index contributed by atoms with van der Waals surface area (Å²) in [4.78, 5) is 35.7. The summed E-state index contributed by atoms with van der Waals surface area (Å²) in [7, 11) is 1.55. The zero-order valence-electron chi connectivity index (χ0n) is 20.5. The zero-order valence-corrected chi connectivity index (χ0v) is 20.5. The number of rotatable bonds is 7. The third-order valence-corrected chi connectivity index (χ3v) is 6.18. The van der Waals surface area contributed by atoms with E-state index >= 15 is 0 Å². The average Bonchev–Trinajstić information content (AvgIpc) is 3.30. The van der Waals surface area contributed by atoms with E-state index in [-0.39, 0.29) is 13.1 Å². The van der Waals surface area contributed by atoms with Crippen molar-refractivity contribution in [2.24, 2.45) is 0 Å². The van der Waals surface area contributed by atoms with Gasteiger partial charge in [0.05, 0.1) is 23.8 Å². The van der Waals surface area contributed by atoms with Crippen molar-refractivity contribution in [1.82, 2.24) is 34.7 Å². The van der Waals surface area contributed by atoms with Crippen LogP contribution < -0.4 is 10.1 Å². The van der Waals surface area contributed by atoms with Crippen molar-refractivity contribution in [3.63, 3.8) is 0 Å². The van der Waals surface area contributed by atoms with Gasteiger partial charge in [0.25, 0.3) is 0 Å². The largest absolute Gasteiger partial charge is 0.481 e. The van der Waals surface area contributed by atoms with Crippen molar-refractivity contribution in [3.05, 3.63) is 54.5 Å². The second-order valence-electron chi connectivity index (χ2n) is 8.89. The summed E-state index contributed by atoms with van der Waals surface area (Å²) < 4.78 is 42.7. The number of hydrogen-bond acceptors (Lipinski definition) is 8. The van der Waals surface area contributed by atoms with Crippen LogP contribution in [0.1, 0.15) is 12.0 Å². The number of aromatic amines is 1. The molecule has 1 saturated heterocycles. The second-order valence-corrected chi connectivity index (χ2v) is 8.89. The van der Waals surface area contributed by atoms with E-state index in [1.807, 2.05) is 30.3 Å². The Labute approximate surface area is 215 Å². The van der Waals surface area contributed by atoms with Gasteiger partial charge >= 0.3 is 6.18 Å². The van der Waals surface area contributed by atoms with Crippen molar-refractivity contribution < 1.29 is 22.7 Å². The molecule has 4 aromatic rings. The van der Waals surface area contributed by atoms with Gasteiger partial charge in [0.15, 0.2) is 0 Å². The fraction of sp³-hybridized carbons (Fsp3) is 0.320. The summed E-state index contributed by atoms with van der Waals surface area (Å²) in [5, 5.41) is 3.19. The molecular formula is C25H25F3N8O2. The van der Waals surface area contributed by atoms with Gasteiger partial charge in [-0.15, -0.1) is 0 Å². The van der Waals surface area contributed by atoms with Crippen molar-refractivity contribution in [1.29, 1.82) is 0 Å². The van der Waals surface area contributed by atoms with Crippen LogP contribution >= 0.6 is 0 Å². The molecule has 10 nitrogen and oxygen atoms in total. The number of pyridine rings is 1. The van der Waals surface area contributed by atoms with Crippen LogP contribution in [0.25, 0.3) is 22.3 Å². The Morgan fingerprint density at radius 1 is 1.08 bits per heavy atom. The quantitative estimate of drug-likeness (QED) is 0.375. The normalized spacial score (nSPS) is 14.6. The van der Waals surface area contributed by atoms with Crippen LogP contribution in [0.2, 0.25) is 0 Å². The van der Waals surface area contributed by atoms with Crippen LogP contribution in [-0.2, 0) is 11.3 Å². The predicted octanol–water partition coefficient (Wildman–Crippen LogP) is 3.76. The number of anilines is 2. The number of carbonyl (C=O) groups is 1. The van der Waals surface area contributed by atoms with Gasteiger partial charge in [0, 0.05) is 50.6 Å². The number of benzene rings is 1. The molecule has 13 heteroatoms. The minimum atomic E-state index is -4.48. The lowest BCUT2D eigenvalue weighted by atomic mass is 10.1. The Bertz CT molecular complexity index is 1430. The van der Waals surface area contributed by atoms with Crippen LogP contribution in [0.3, 0.4) is 0 Å². The first-order valence-corrected chi connectivity index (χ1v) is 11.9. The molecule has 0 saturated carbocycles. The number of alkyl halides is 3. The lowest BCUT2D eigenvalue weighted by Crippen LogP contribution is -2.49. The number of imidazole rings is 1. The molecule has 0 aliphatic carbocycles. The summed E-state index contributed by atoms with van der Waals surface area (Å²) in [6, 6.07) is 11.3. The highest BCUT2D eigenvalue weighted by molar-refractivity contribution is 5.83. The van der Waals surface area contributed by atoms with E-state index in [0.29, 0.717) is 37.3 Å². The number of carbonyl (C=O) groups excluding carboxylic acids is 1. The summed E-state index contributed by atoms with van der Waals surface area (Å²) in [5.41, 5.74) is 4.17. The highest BCUT2D eigenvalue weighted by Gasteiger charge is 2.34. The average molecular weight is 527 g/mol. The smallest absolute Gasteiger partial charge is 0.397 e. The minimum absolute atomic E-state index is 0.272. The molecule has 5 rings (SSSR count). The fourth-order valence-corrected chi connectivity index (χ4v) is 4.30. The highest BCUT2D eigenvalue weighted by Crippen LogP contribution is 2.26. The van der Waals surface area contributed by atoms with Crippen LogP contribution in [0.5, 0.6) is 5.88 Å². The molecule has 1 fully saturated rings. The number of fused-ring (bicyclic) bond motifs is 1. The number of halogens is 3. The number of aromatic nitrogens is 5. The molecule has 4 heterocycles. The van der Waals surface area contributed by atoms with E-state index in [1.54, 1.807) is 19.4 Å². The first-order valence-electron chi connectivity index (χ1n) is 11.9. The third-order valence-electron chi connectivity index (χ3n) is 6.18. The first-order chi connectivity index (χ1) is 18.3. The van der Waals surface area contributed by atoms with Crippen molar-refractivity contribution >= 4 is 28.7 Å². The van der Waals surface area contributed by atoms with E-state index < -0.39 is 18.5 Å². The van der Waals surface area contributed by atoms with E-state index in [9.17, 15) is 18.0 Å². The molecule has 1 aliphatic rings. The van der Waals surface area contributed by atoms with E-state index in [1.165, 1.54) is 11.2 Å². The van der Waals surface area contributed by atoms with Gasteiger partial charge in [-0.1, -0.05) is 6.07 Å². The topological polar surface area (TPSA) is 112 Å². The summed E-state index contributed by atoms with van der Waals surface area (Å²) in [6.07, 6.45) is -2.76. The molecule has 0 unspecified atom stereocenters. The Hall–Kier alpha value is -4.26. The molecule has 1 aliphatic heterocycles. The minimum Gasteiger partial charge on any atom is -0.481 e. The molecule has 0 radical (unpaired) electrons. The highest BCUT2D eigenvalue weighted by atomic mass is 19.4. The number of nitrogens with zero attached hydrogens (tertiary/aromatic N) is 6. The lowest BCUT2D eigenvalue weighted by molar-refractivity contribution is -0.162. The molecule has 198 valence electrons. The van der Waals surface area contributed by atoms with Gasteiger partial charge in [-0.2, -0.15) is 13.2 Å². The molecule has 38 heavy (non-hydrogen) atoms. The first kappa shape index (κ1) is 25.4. The van der Waals surface area contributed by atoms with E-state index in [4.69, 9.17) is 4.74 Å². The molecule has 0 spiro atoms. The van der Waals surface area contributed by atoms with Crippen molar-refractivity contribution in [3.8, 4) is 17.1 Å². The molecule has 1 aromatic carbocycles. The third kappa shape index (κ3) is 6.17. The SMILES string of the molecule is COc1cc(-c2ccc3nc(Nc4cc(CN5CCN(C(=O)CC(F)(F)F)CC5)ccn4)[nH]c3c2)ncn1. The van der Waals surface area contributed by atoms with Crippen molar-refractivity contribution in [2.45, 2.75) is 19.1 Å². The number of nitrogens with one attached hydrogen (secondary N) is 2. The lowest BCUT2D eigenvalue weighted by Gasteiger charge is -2.35. The van der Waals surface area contributed by atoms with Gasteiger partial charge in [0.1, 0.15) is 18.6 Å². The van der Waals surface area contributed by atoms with E-state index in [0.717, 1.165) is 27.9 Å². The number of hydrogen-bond donors (Lipinski definition) is 2. The standard InChI is InChI=1S/C25H25F3N8O2/c1-38-22-12-19(30-15-31-22)17-2-3-18-20(11-17)33-24(32-18)34-21-10-16(4-5-29-21)14-35-6-8-36(9-7-35)23(37)13-25(26,27)28/h2-5,10-12,15H,6-9,13-14H2,1H3,(H2,29,32,33,34). The molecule has 0 atom stereocenters. The maximum Gasteiger partial charge on any atom is 0.397 e. The molecule has 1 amide bonds. The number of H-pyrrole nitrogens is 1. The van der Waals surface area contributed by atoms with E-state index in [2.05, 4.69) is 35.1 Å². The van der Waals surface area contributed by atoms with Crippen LogP contribution in [0.15, 0.2) is 48.9 Å². The molecule has 2 N–H and O–H groups in total. The van der Waals surface area contributed by atoms with Crippen LogP contribution in [0, 0.1) is 0 Å². The van der Waals surface area contributed by atoms with Gasteiger partial charge in [-0.3, -0.25) is 9.69 Å². The zero-order chi connectivity index (χ0) is 26.7. The molecular weight excluding hydrogens is 501 g/mol. The van der Waals surface area contributed by atoms with Gasteiger partial charge in [-0.25, -0.2) is 19.9 Å². The Morgan fingerprint density at radius 3 is 2.66 bits per heavy atom. The summed E-state index contributed by atoms with van der Waals surface area (Å²) >= 11 is 0. The molecule has 3 aromatic heterocycles. The Morgan fingerprint density at radius 2 is 1.89 bits per heavy atom. The number of methoxy groups -OCH3 is 1. The summed E-state index contributed by atoms with van der Waals surface area (Å²) in [6.45, 7) is 2.13. The van der Waals surface area contributed by atoms with Gasteiger partial charge < -0.3 is 19.9 Å².